The van der Waals surface area contributed by atoms with Crippen LogP contribution in [0.2, 0.25) is 0 Å². The molecule has 0 bridgehead atoms. The zero-order valence-electron chi connectivity index (χ0n) is 21.9. The van der Waals surface area contributed by atoms with Gasteiger partial charge in [0.15, 0.2) is 0 Å². The quantitative estimate of drug-likeness (QED) is 0.145. The van der Waals surface area contributed by atoms with Crippen LogP contribution in [0, 0.1) is 0 Å². The summed E-state index contributed by atoms with van der Waals surface area (Å²) in [6.45, 7) is 2.01. The van der Waals surface area contributed by atoms with E-state index in [1.807, 2.05) is 85.8 Å². The molecule has 0 radical (unpaired) electrons. The molecule has 5 aromatic rings. The number of fused-ring (bicyclic) bond motifs is 2. The van der Waals surface area contributed by atoms with Crippen LogP contribution in [0.5, 0.6) is 0 Å². The molecule has 0 aliphatic heterocycles. The van der Waals surface area contributed by atoms with Crippen molar-refractivity contribution in [3.63, 3.8) is 0 Å². The molecule has 0 nitrogen and oxygen atoms in total. The van der Waals surface area contributed by atoms with E-state index < -0.39 is 23.5 Å². The summed E-state index contributed by atoms with van der Waals surface area (Å²) >= 11 is 0. The zero-order chi connectivity index (χ0) is 27.5. The molecule has 0 spiro atoms. The van der Waals surface area contributed by atoms with E-state index in [9.17, 15) is 26.3 Å². The van der Waals surface area contributed by atoms with Gasteiger partial charge in [0.2, 0.25) is 0 Å². The predicted octanol–water partition coefficient (Wildman–Crippen LogP) is 4.35. The summed E-state index contributed by atoms with van der Waals surface area (Å²) in [6.07, 6.45) is -9.87. The molecular formula is C33H21Cl2F6Hf-3. The van der Waals surface area contributed by atoms with E-state index in [-0.39, 0.29) is 68.2 Å². The van der Waals surface area contributed by atoms with Crippen molar-refractivity contribution >= 4 is 21.9 Å². The molecule has 0 aromatic heterocycles. The predicted molar refractivity (Wildman–Crippen MR) is 142 cm³/mol. The summed E-state index contributed by atoms with van der Waals surface area (Å²) in [6, 6.07) is 28.4. The van der Waals surface area contributed by atoms with Gasteiger partial charge in [0.05, 0.1) is 0 Å². The van der Waals surface area contributed by atoms with Gasteiger partial charge in [0.25, 0.3) is 0 Å². The summed E-state index contributed by atoms with van der Waals surface area (Å²) in [5.41, 5.74) is 3.22. The van der Waals surface area contributed by atoms with Crippen molar-refractivity contribution in [1.29, 1.82) is 0 Å². The molecule has 0 N–H and O–H groups in total. The van der Waals surface area contributed by atoms with Crippen LogP contribution >= 0.6 is 0 Å². The third kappa shape index (κ3) is 5.88. The van der Waals surface area contributed by atoms with E-state index in [1.165, 1.54) is 0 Å². The van der Waals surface area contributed by atoms with Crippen LogP contribution in [0.25, 0.3) is 33.0 Å². The molecular weight excluding hydrogens is 760 g/mol. The van der Waals surface area contributed by atoms with Gasteiger partial charge in [-0.05, 0) is 40.8 Å². The molecule has 5 aromatic carbocycles. The smallest absolute Gasteiger partial charge is 0.415 e. The largest absolute Gasteiger partial charge is 1.00 e. The van der Waals surface area contributed by atoms with Crippen LogP contribution < -0.4 is 24.8 Å². The third-order valence-electron chi connectivity index (χ3n) is 7.48. The van der Waals surface area contributed by atoms with Crippen molar-refractivity contribution in [3.05, 3.63) is 137 Å². The monoisotopic (exact) mass is 781 g/mol. The Labute approximate surface area is 270 Å². The molecule has 1 atom stereocenters. The molecule has 0 amide bonds. The van der Waals surface area contributed by atoms with Crippen molar-refractivity contribution in [1.82, 2.24) is 0 Å². The summed E-state index contributed by atoms with van der Waals surface area (Å²) in [7, 11) is 0. The second-order valence-corrected chi connectivity index (χ2v) is 9.78. The Bertz CT molecular complexity index is 1720. The van der Waals surface area contributed by atoms with Crippen molar-refractivity contribution in [3.8, 4) is 11.1 Å². The first-order chi connectivity index (χ1) is 18.5. The van der Waals surface area contributed by atoms with Gasteiger partial charge < -0.3 is 24.8 Å². The van der Waals surface area contributed by atoms with E-state index in [2.05, 4.69) is 0 Å². The summed E-state index contributed by atoms with van der Waals surface area (Å²) in [5.74, 6) is -0.387. The van der Waals surface area contributed by atoms with Gasteiger partial charge in [-0.1, -0.05) is 90.5 Å². The number of hydrogen-bond donors (Lipinski definition) is 0. The van der Waals surface area contributed by atoms with Crippen LogP contribution in [0.3, 0.4) is 0 Å². The molecule has 0 heterocycles. The number of halogens is 8. The minimum atomic E-state index is -4.94. The van der Waals surface area contributed by atoms with Gasteiger partial charge in [-0.25, -0.2) is 0 Å². The van der Waals surface area contributed by atoms with E-state index in [0.29, 0.717) is 11.1 Å². The fourth-order valence-corrected chi connectivity index (χ4v) is 5.81. The van der Waals surface area contributed by atoms with Crippen molar-refractivity contribution in [2.75, 3.05) is 0 Å². The number of rotatable bonds is 3. The third-order valence-corrected chi connectivity index (χ3v) is 7.48. The van der Waals surface area contributed by atoms with Crippen molar-refractivity contribution < 1.29 is 77.0 Å². The molecule has 0 saturated heterocycles. The average molecular weight is 781 g/mol. The number of benzene rings is 4. The molecule has 1 unspecified atom stereocenters. The number of allylic oxidation sites excluding steroid dienone is 2. The molecule has 6 rings (SSSR count). The Morgan fingerprint density at radius 3 is 1.81 bits per heavy atom. The maximum absolute atomic E-state index is 13.8. The first-order valence-electron chi connectivity index (χ1n) is 12.4. The van der Waals surface area contributed by atoms with Crippen molar-refractivity contribution in [2.24, 2.45) is 0 Å². The zero-order valence-corrected chi connectivity index (χ0v) is 27.0. The maximum Gasteiger partial charge on any atom is 0.415 e. The Balaban J connectivity index is 0.00000161. The molecule has 0 fully saturated rings. The van der Waals surface area contributed by atoms with E-state index in [1.54, 1.807) is 6.07 Å². The second-order valence-electron chi connectivity index (χ2n) is 9.78. The van der Waals surface area contributed by atoms with E-state index in [4.69, 9.17) is 0 Å². The summed E-state index contributed by atoms with van der Waals surface area (Å²) in [5, 5.41) is 1.55. The molecule has 42 heavy (non-hydrogen) atoms. The topological polar surface area (TPSA) is 0 Å². The maximum atomic E-state index is 13.8. The van der Waals surface area contributed by atoms with Crippen LogP contribution in [-0.4, -0.2) is 0 Å². The molecule has 216 valence electrons. The average Bonchev–Trinajstić information content (AvgIpc) is 3.43. The van der Waals surface area contributed by atoms with Crippen LogP contribution in [-0.2, 0) is 38.2 Å². The Hall–Kier alpha value is -2.74. The normalized spacial score (nSPS) is 14.6. The second kappa shape index (κ2) is 12.5. The molecule has 0 saturated carbocycles. The van der Waals surface area contributed by atoms with Gasteiger partial charge in [-0.2, -0.15) is 26.3 Å². The van der Waals surface area contributed by atoms with Crippen LogP contribution in [0.1, 0.15) is 46.2 Å². The Kier molecular flexibility index (Phi) is 10.0. The van der Waals surface area contributed by atoms with Gasteiger partial charge in [0.1, 0.15) is 0 Å². The standard InChI is InChI=1S/C33H21F6.2ClH.Hf/c1-19-25-12-7-8-14-27(25)31(29(19)20-9-3-2-4-10-20)30-26-13-6-5-11-21(26)17-28(30)22-15-23(32(34,35)36)18-24(16-22)33(37,38)39;;;/h2-18,31H,1H3;2*1H;/q-1;;;/p-2. The first kappa shape index (κ1) is 33.8. The van der Waals surface area contributed by atoms with Gasteiger partial charge in [-0.15, -0.1) is 34.0 Å². The Morgan fingerprint density at radius 2 is 1.19 bits per heavy atom. The fraction of sp³-hybridized carbons (Fsp3) is 0.121. The molecule has 1 aliphatic rings. The Morgan fingerprint density at radius 1 is 0.643 bits per heavy atom. The van der Waals surface area contributed by atoms with Gasteiger partial charge in [0, 0.05) is 42.9 Å². The van der Waals surface area contributed by atoms with Gasteiger partial charge in [-0.3, -0.25) is 0 Å². The van der Waals surface area contributed by atoms with E-state index in [0.717, 1.165) is 50.7 Å². The summed E-state index contributed by atoms with van der Waals surface area (Å²) in [4.78, 5) is 0. The van der Waals surface area contributed by atoms with E-state index >= 15 is 0 Å². The number of alkyl halides is 6. The first-order valence-corrected chi connectivity index (χ1v) is 12.4. The molecule has 1 aliphatic carbocycles. The minimum Gasteiger partial charge on any atom is -1.00 e. The SMILES string of the molecule is CC1=C(c2ccccc2)C(c2c(-c3cc(C(F)(F)F)cc(C(F)(F)F)c3)[cH-]c3ccccc23)c2ccccc21.[Cl-].[Cl-].[Hf]. The number of hydrogen-bond acceptors (Lipinski definition) is 0. The minimum absolute atomic E-state index is 0. The fourth-order valence-electron chi connectivity index (χ4n) is 5.81. The van der Waals surface area contributed by atoms with Crippen LogP contribution in [0.4, 0.5) is 26.3 Å². The van der Waals surface area contributed by atoms with Crippen LogP contribution in [0.15, 0.2) is 103 Å². The summed E-state index contributed by atoms with van der Waals surface area (Å²) < 4.78 is 82.9. The van der Waals surface area contributed by atoms with Gasteiger partial charge >= 0.3 is 12.4 Å². The molecule has 9 heteroatoms. The van der Waals surface area contributed by atoms with Crippen molar-refractivity contribution in [2.45, 2.75) is 25.2 Å².